The van der Waals surface area contributed by atoms with E-state index in [-0.39, 0.29) is 5.92 Å². The van der Waals surface area contributed by atoms with Crippen LogP contribution < -0.4 is 4.74 Å². The molecule has 1 aromatic heterocycles. The molecule has 0 fully saturated rings. The van der Waals surface area contributed by atoms with Crippen LogP contribution in [-0.4, -0.2) is 12.1 Å². The van der Waals surface area contributed by atoms with E-state index < -0.39 is 0 Å². The van der Waals surface area contributed by atoms with Crippen LogP contribution in [0.15, 0.2) is 46.9 Å². The van der Waals surface area contributed by atoms with Crippen molar-refractivity contribution in [1.82, 2.24) is 4.98 Å². The molecule has 1 heterocycles. The van der Waals surface area contributed by atoms with Crippen LogP contribution in [0.3, 0.4) is 0 Å². The Labute approximate surface area is 129 Å². The third-order valence-electron chi connectivity index (χ3n) is 3.71. The maximum absolute atomic E-state index is 9.24. The molecule has 4 heteroatoms. The van der Waals surface area contributed by atoms with Crippen molar-refractivity contribution in [3.63, 3.8) is 0 Å². The molecule has 0 radical (unpaired) electrons. The molecule has 1 unspecified atom stereocenters. The molecule has 4 nitrogen and oxygen atoms in total. The van der Waals surface area contributed by atoms with Gasteiger partial charge in [-0.05, 0) is 30.7 Å². The SMILES string of the molecule is CCC(C#N)c1ccc(-c2nc3ccccc3o2)cc1OC. The van der Waals surface area contributed by atoms with Gasteiger partial charge in [0, 0.05) is 11.1 Å². The van der Waals surface area contributed by atoms with Crippen LogP contribution >= 0.6 is 0 Å². The Kier molecular flexibility index (Phi) is 3.80. The summed E-state index contributed by atoms with van der Waals surface area (Å²) < 4.78 is 11.2. The first-order valence-corrected chi connectivity index (χ1v) is 7.20. The number of methoxy groups -OCH3 is 1. The van der Waals surface area contributed by atoms with Gasteiger partial charge in [-0.1, -0.05) is 25.1 Å². The molecular weight excluding hydrogens is 276 g/mol. The van der Waals surface area contributed by atoms with Crippen LogP contribution in [0.2, 0.25) is 0 Å². The van der Waals surface area contributed by atoms with Crippen molar-refractivity contribution in [3.8, 4) is 23.3 Å². The third-order valence-corrected chi connectivity index (χ3v) is 3.71. The summed E-state index contributed by atoms with van der Waals surface area (Å²) in [5.74, 6) is 1.07. The topological polar surface area (TPSA) is 59.0 Å². The maximum atomic E-state index is 9.24. The zero-order valence-corrected chi connectivity index (χ0v) is 12.5. The first-order valence-electron chi connectivity index (χ1n) is 7.20. The molecule has 3 aromatic rings. The van der Waals surface area contributed by atoms with E-state index in [1.807, 2.05) is 49.4 Å². The van der Waals surface area contributed by atoms with Crippen molar-refractivity contribution < 1.29 is 9.15 Å². The Bertz CT molecular complexity index is 813. The van der Waals surface area contributed by atoms with Crippen LogP contribution in [-0.2, 0) is 0 Å². The smallest absolute Gasteiger partial charge is 0.227 e. The second-order valence-electron chi connectivity index (χ2n) is 5.03. The molecule has 0 aliphatic heterocycles. The lowest BCUT2D eigenvalue weighted by atomic mass is 9.96. The lowest BCUT2D eigenvalue weighted by Gasteiger charge is -2.12. The van der Waals surface area contributed by atoms with Crippen molar-refractivity contribution in [2.75, 3.05) is 7.11 Å². The fraction of sp³-hybridized carbons (Fsp3) is 0.222. The minimum atomic E-state index is -0.173. The van der Waals surface area contributed by atoms with Crippen LogP contribution in [0, 0.1) is 11.3 Å². The first-order chi connectivity index (χ1) is 10.8. The largest absolute Gasteiger partial charge is 0.496 e. The highest BCUT2D eigenvalue weighted by molar-refractivity contribution is 5.76. The van der Waals surface area contributed by atoms with Gasteiger partial charge in [-0.15, -0.1) is 0 Å². The number of oxazole rings is 1. The molecule has 0 aliphatic carbocycles. The first kappa shape index (κ1) is 14.2. The number of hydrogen-bond donors (Lipinski definition) is 0. The second-order valence-corrected chi connectivity index (χ2v) is 5.03. The van der Waals surface area contributed by atoms with Gasteiger partial charge in [-0.2, -0.15) is 5.26 Å². The number of fused-ring (bicyclic) bond motifs is 1. The quantitative estimate of drug-likeness (QED) is 0.709. The zero-order chi connectivity index (χ0) is 15.5. The van der Waals surface area contributed by atoms with E-state index in [0.717, 1.165) is 28.6 Å². The Morgan fingerprint density at radius 1 is 1.27 bits per heavy atom. The molecule has 0 spiro atoms. The van der Waals surface area contributed by atoms with E-state index in [2.05, 4.69) is 11.1 Å². The number of aromatic nitrogens is 1. The van der Waals surface area contributed by atoms with Crippen molar-refractivity contribution in [3.05, 3.63) is 48.0 Å². The van der Waals surface area contributed by atoms with Gasteiger partial charge in [-0.25, -0.2) is 4.98 Å². The molecule has 0 saturated carbocycles. The van der Waals surface area contributed by atoms with Crippen LogP contribution in [0.25, 0.3) is 22.6 Å². The summed E-state index contributed by atoms with van der Waals surface area (Å²) in [7, 11) is 1.61. The molecule has 0 aliphatic rings. The molecule has 1 atom stereocenters. The van der Waals surface area contributed by atoms with Crippen LogP contribution in [0.5, 0.6) is 5.75 Å². The predicted octanol–water partition coefficient (Wildman–Crippen LogP) is 4.52. The van der Waals surface area contributed by atoms with E-state index in [4.69, 9.17) is 9.15 Å². The number of benzene rings is 2. The van der Waals surface area contributed by atoms with Gasteiger partial charge in [-0.3, -0.25) is 0 Å². The van der Waals surface area contributed by atoms with Crippen molar-refractivity contribution in [2.45, 2.75) is 19.3 Å². The number of nitriles is 1. The molecule has 0 N–H and O–H groups in total. The van der Waals surface area contributed by atoms with E-state index >= 15 is 0 Å². The second kappa shape index (κ2) is 5.90. The molecular formula is C18H16N2O2. The average molecular weight is 292 g/mol. The summed E-state index contributed by atoms with van der Waals surface area (Å²) in [6.45, 7) is 1.99. The molecule has 110 valence electrons. The molecule has 0 amide bonds. The van der Waals surface area contributed by atoms with E-state index in [0.29, 0.717) is 11.6 Å². The van der Waals surface area contributed by atoms with Crippen LogP contribution in [0.4, 0.5) is 0 Å². The summed E-state index contributed by atoms with van der Waals surface area (Å²) >= 11 is 0. The monoisotopic (exact) mass is 292 g/mol. The number of rotatable bonds is 4. The molecule has 0 bridgehead atoms. The fourth-order valence-electron chi connectivity index (χ4n) is 2.51. The number of ether oxygens (including phenoxy) is 1. The van der Waals surface area contributed by atoms with Gasteiger partial charge in [0.05, 0.1) is 19.1 Å². The lowest BCUT2D eigenvalue weighted by Crippen LogP contribution is -1.98. The molecule has 22 heavy (non-hydrogen) atoms. The maximum Gasteiger partial charge on any atom is 0.227 e. The predicted molar refractivity (Wildman–Crippen MR) is 84.6 cm³/mol. The summed E-state index contributed by atoms with van der Waals surface area (Å²) in [5.41, 5.74) is 3.31. The number of hydrogen-bond acceptors (Lipinski definition) is 4. The minimum Gasteiger partial charge on any atom is -0.496 e. The van der Waals surface area contributed by atoms with E-state index in [9.17, 15) is 5.26 Å². The summed E-state index contributed by atoms with van der Waals surface area (Å²) in [6, 6.07) is 15.7. The molecule has 0 saturated heterocycles. The Balaban J connectivity index is 2.07. The standard InChI is InChI=1S/C18H16N2O2/c1-3-12(11-19)14-9-8-13(10-17(14)21-2)18-20-15-6-4-5-7-16(15)22-18/h4-10,12H,3H2,1-2H3. The number of para-hydroxylation sites is 2. The van der Waals surface area contributed by atoms with Gasteiger partial charge >= 0.3 is 0 Å². The van der Waals surface area contributed by atoms with E-state index in [1.165, 1.54) is 0 Å². The highest BCUT2D eigenvalue weighted by Gasteiger charge is 2.16. The van der Waals surface area contributed by atoms with Crippen molar-refractivity contribution >= 4 is 11.1 Å². The zero-order valence-electron chi connectivity index (χ0n) is 12.5. The van der Waals surface area contributed by atoms with Gasteiger partial charge in [0.15, 0.2) is 5.58 Å². The van der Waals surface area contributed by atoms with Gasteiger partial charge in [0.2, 0.25) is 5.89 Å². The summed E-state index contributed by atoms with van der Waals surface area (Å²) in [5, 5.41) is 9.24. The molecule has 2 aromatic carbocycles. The Morgan fingerprint density at radius 2 is 2.09 bits per heavy atom. The fourth-order valence-corrected chi connectivity index (χ4v) is 2.51. The van der Waals surface area contributed by atoms with Crippen molar-refractivity contribution in [2.24, 2.45) is 0 Å². The van der Waals surface area contributed by atoms with Crippen LogP contribution in [0.1, 0.15) is 24.8 Å². The van der Waals surface area contributed by atoms with Crippen molar-refractivity contribution in [1.29, 1.82) is 5.26 Å². The summed E-state index contributed by atoms with van der Waals surface area (Å²) in [4.78, 5) is 4.49. The summed E-state index contributed by atoms with van der Waals surface area (Å²) in [6.07, 6.45) is 0.745. The number of nitrogens with zero attached hydrogens (tertiary/aromatic N) is 2. The minimum absolute atomic E-state index is 0.173. The van der Waals surface area contributed by atoms with E-state index in [1.54, 1.807) is 7.11 Å². The Morgan fingerprint density at radius 3 is 2.77 bits per heavy atom. The lowest BCUT2D eigenvalue weighted by molar-refractivity contribution is 0.408. The third kappa shape index (κ3) is 2.42. The highest BCUT2D eigenvalue weighted by Crippen LogP contribution is 2.33. The van der Waals surface area contributed by atoms with Gasteiger partial charge in [0.25, 0.3) is 0 Å². The average Bonchev–Trinajstić information content (AvgIpc) is 3.00. The molecule has 3 rings (SSSR count). The normalized spacial score (nSPS) is 12.0. The van der Waals surface area contributed by atoms with Gasteiger partial charge < -0.3 is 9.15 Å². The highest BCUT2D eigenvalue weighted by atomic mass is 16.5. The Hall–Kier alpha value is -2.80. The van der Waals surface area contributed by atoms with Gasteiger partial charge in [0.1, 0.15) is 11.3 Å².